The molecule has 1 aromatic heterocycles. The van der Waals surface area contributed by atoms with Crippen LogP contribution in [0.15, 0.2) is 18.3 Å². The number of urea groups is 1. The van der Waals surface area contributed by atoms with Crippen LogP contribution in [0.1, 0.15) is 30.8 Å². The molecule has 2 amide bonds. The van der Waals surface area contributed by atoms with E-state index in [0.717, 1.165) is 19.5 Å². The Morgan fingerprint density at radius 1 is 1.45 bits per heavy atom. The van der Waals surface area contributed by atoms with E-state index in [1.807, 2.05) is 0 Å². The number of hydrogen-bond acceptors (Lipinski definition) is 3. The Labute approximate surface area is 117 Å². The molecule has 0 aromatic carbocycles. The normalized spacial score (nSPS) is 18.4. The molecule has 0 radical (unpaired) electrons. The highest BCUT2D eigenvalue weighted by atomic mass is 16.4. The Morgan fingerprint density at radius 2 is 2.20 bits per heavy atom. The zero-order valence-corrected chi connectivity index (χ0v) is 11.7. The molecular formula is C14H19N3O3. The lowest BCUT2D eigenvalue weighted by Gasteiger charge is -2.18. The smallest absolute Gasteiger partial charge is 0.354 e. The van der Waals surface area contributed by atoms with Crippen LogP contribution < -0.4 is 5.32 Å². The number of carbonyl (C=O) groups excluding carboxylic acids is 1. The van der Waals surface area contributed by atoms with Crippen molar-refractivity contribution in [3.05, 3.63) is 24.0 Å². The van der Waals surface area contributed by atoms with Crippen LogP contribution in [0.5, 0.6) is 0 Å². The second-order valence-corrected chi connectivity index (χ2v) is 5.41. The van der Waals surface area contributed by atoms with E-state index in [2.05, 4.69) is 24.1 Å². The summed E-state index contributed by atoms with van der Waals surface area (Å²) in [6, 6.07) is 2.77. The SMILES string of the molecule is CC(C)C1CCN(C(=O)Nc2ccc(C(=O)O)nc2)C1. The molecule has 6 heteroatoms. The van der Waals surface area contributed by atoms with Crippen LogP contribution >= 0.6 is 0 Å². The number of aromatic nitrogens is 1. The van der Waals surface area contributed by atoms with Crippen molar-refractivity contribution in [1.82, 2.24) is 9.88 Å². The van der Waals surface area contributed by atoms with E-state index in [9.17, 15) is 9.59 Å². The fourth-order valence-corrected chi connectivity index (χ4v) is 2.31. The van der Waals surface area contributed by atoms with E-state index in [1.165, 1.54) is 12.3 Å². The lowest BCUT2D eigenvalue weighted by molar-refractivity contribution is 0.0690. The van der Waals surface area contributed by atoms with Crippen LogP contribution in [-0.2, 0) is 0 Å². The molecule has 2 N–H and O–H groups in total. The molecular weight excluding hydrogens is 258 g/mol. The van der Waals surface area contributed by atoms with Gasteiger partial charge in [-0.25, -0.2) is 14.6 Å². The van der Waals surface area contributed by atoms with Crippen molar-refractivity contribution in [2.45, 2.75) is 20.3 Å². The van der Waals surface area contributed by atoms with Gasteiger partial charge in [0.15, 0.2) is 0 Å². The second kappa shape index (κ2) is 5.90. The molecule has 2 heterocycles. The summed E-state index contributed by atoms with van der Waals surface area (Å²) < 4.78 is 0. The predicted molar refractivity (Wildman–Crippen MR) is 74.7 cm³/mol. The molecule has 1 aromatic rings. The molecule has 1 aliphatic rings. The summed E-state index contributed by atoms with van der Waals surface area (Å²) in [6.45, 7) is 5.86. The summed E-state index contributed by atoms with van der Waals surface area (Å²) in [6.07, 6.45) is 2.39. The van der Waals surface area contributed by atoms with Crippen molar-refractivity contribution in [2.75, 3.05) is 18.4 Å². The minimum Gasteiger partial charge on any atom is -0.477 e. The topological polar surface area (TPSA) is 82.5 Å². The molecule has 1 atom stereocenters. The van der Waals surface area contributed by atoms with Crippen molar-refractivity contribution in [3.63, 3.8) is 0 Å². The minimum absolute atomic E-state index is 0.0379. The highest BCUT2D eigenvalue weighted by Crippen LogP contribution is 2.24. The Balaban J connectivity index is 1.93. The van der Waals surface area contributed by atoms with Crippen molar-refractivity contribution >= 4 is 17.7 Å². The number of pyridine rings is 1. The first-order chi connectivity index (χ1) is 9.47. The molecule has 1 unspecified atom stereocenters. The molecule has 2 rings (SSSR count). The molecule has 0 aliphatic carbocycles. The van der Waals surface area contributed by atoms with Gasteiger partial charge < -0.3 is 15.3 Å². The first kappa shape index (κ1) is 14.3. The monoisotopic (exact) mass is 277 g/mol. The maximum Gasteiger partial charge on any atom is 0.354 e. The summed E-state index contributed by atoms with van der Waals surface area (Å²) in [5, 5.41) is 11.5. The maximum absolute atomic E-state index is 12.1. The van der Waals surface area contributed by atoms with Gasteiger partial charge in [0.1, 0.15) is 5.69 Å². The van der Waals surface area contributed by atoms with Gasteiger partial charge in [0, 0.05) is 13.1 Å². The second-order valence-electron chi connectivity index (χ2n) is 5.41. The van der Waals surface area contributed by atoms with E-state index in [4.69, 9.17) is 5.11 Å². The van der Waals surface area contributed by atoms with Crippen molar-refractivity contribution in [2.24, 2.45) is 11.8 Å². The molecule has 1 aliphatic heterocycles. The van der Waals surface area contributed by atoms with Crippen LogP contribution in [0.3, 0.4) is 0 Å². The number of likely N-dealkylation sites (tertiary alicyclic amines) is 1. The summed E-state index contributed by atoms with van der Waals surface area (Å²) in [4.78, 5) is 28.3. The van der Waals surface area contributed by atoms with Gasteiger partial charge in [0.2, 0.25) is 0 Å². The third kappa shape index (κ3) is 3.26. The Bertz CT molecular complexity index is 499. The first-order valence-electron chi connectivity index (χ1n) is 6.72. The molecule has 6 nitrogen and oxygen atoms in total. The van der Waals surface area contributed by atoms with Crippen molar-refractivity contribution in [1.29, 1.82) is 0 Å². The lowest BCUT2D eigenvalue weighted by atomic mass is 9.95. The quantitative estimate of drug-likeness (QED) is 0.888. The highest BCUT2D eigenvalue weighted by Gasteiger charge is 2.28. The van der Waals surface area contributed by atoms with E-state index in [0.29, 0.717) is 17.5 Å². The van der Waals surface area contributed by atoms with Gasteiger partial charge in [0.05, 0.1) is 11.9 Å². The third-order valence-electron chi connectivity index (χ3n) is 3.69. The third-order valence-corrected chi connectivity index (χ3v) is 3.69. The van der Waals surface area contributed by atoms with Gasteiger partial charge in [-0.15, -0.1) is 0 Å². The molecule has 1 fully saturated rings. The van der Waals surface area contributed by atoms with Crippen molar-refractivity contribution < 1.29 is 14.7 Å². The van der Waals surface area contributed by atoms with Gasteiger partial charge in [-0.05, 0) is 30.4 Å². The van der Waals surface area contributed by atoms with Crippen LogP contribution in [0.2, 0.25) is 0 Å². The standard InChI is InChI=1S/C14H19N3O3/c1-9(2)10-5-6-17(8-10)14(20)16-11-3-4-12(13(18)19)15-7-11/h3-4,7,9-10H,5-6,8H2,1-2H3,(H,16,20)(H,18,19). The van der Waals surface area contributed by atoms with E-state index < -0.39 is 5.97 Å². The summed E-state index contributed by atoms with van der Waals surface area (Å²) in [5.74, 6) is 0.0415. The predicted octanol–water partition coefficient (Wildman–Crippen LogP) is 2.29. The van der Waals surface area contributed by atoms with Gasteiger partial charge in [0.25, 0.3) is 0 Å². The van der Waals surface area contributed by atoms with Crippen LogP contribution in [0.4, 0.5) is 10.5 Å². The number of rotatable bonds is 3. The number of carboxylic acid groups (broad SMARTS) is 1. The van der Waals surface area contributed by atoms with Gasteiger partial charge in [-0.1, -0.05) is 13.8 Å². The fraction of sp³-hybridized carbons (Fsp3) is 0.500. The number of anilines is 1. The molecule has 20 heavy (non-hydrogen) atoms. The number of amides is 2. The highest BCUT2D eigenvalue weighted by molar-refractivity contribution is 5.90. The average molecular weight is 277 g/mol. The minimum atomic E-state index is -1.08. The number of nitrogens with one attached hydrogen (secondary N) is 1. The Morgan fingerprint density at radius 3 is 2.70 bits per heavy atom. The van der Waals surface area contributed by atoms with Crippen LogP contribution in [-0.4, -0.2) is 40.1 Å². The van der Waals surface area contributed by atoms with Crippen LogP contribution in [0.25, 0.3) is 0 Å². The number of carbonyl (C=O) groups is 2. The van der Waals surface area contributed by atoms with E-state index in [1.54, 1.807) is 11.0 Å². The summed E-state index contributed by atoms with van der Waals surface area (Å²) in [7, 11) is 0. The fourth-order valence-electron chi connectivity index (χ4n) is 2.31. The molecule has 0 saturated carbocycles. The average Bonchev–Trinajstić information content (AvgIpc) is 2.89. The van der Waals surface area contributed by atoms with Crippen molar-refractivity contribution in [3.8, 4) is 0 Å². The number of hydrogen-bond donors (Lipinski definition) is 2. The first-order valence-corrected chi connectivity index (χ1v) is 6.72. The molecule has 0 bridgehead atoms. The molecule has 0 spiro atoms. The van der Waals surface area contributed by atoms with Gasteiger partial charge in [-0.3, -0.25) is 0 Å². The lowest BCUT2D eigenvalue weighted by Crippen LogP contribution is -2.33. The largest absolute Gasteiger partial charge is 0.477 e. The summed E-state index contributed by atoms with van der Waals surface area (Å²) >= 11 is 0. The number of carboxylic acids is 1. The summed E-state index contributed by atoms with van der Waals surface area (Å²) in [5.41, 5.74) is 0.469. The zero-order valence-electron chi connectivity index (χ0n) is 11.7. The van der Waals surface area contributed by atoms with Crippen LogP contribution in [0, 0.1) is 11.8 Å². The zero-order chi connectivity index (χ0) is 14.7. The van der Waals surface area contributed by atoms with E-state index in [-0.39, 0.29) is 11.7 Å². The Hall–Kier alpha value is -2.11. The molecule has 1 saturated heterocycles. The number of aromatic carboxylic acids is 1. The van der Waals surface area contributed by atoms with Gasteiger partial charge in [-0.2, -0.15) is 0 Å². The van der Waals surface area contributed by atoms with Gasteiger partial charge >= 0.3 is 12.0 Å². The Kier molecular flexibility index (Phi) is 4.22. The maximum atomic E-state index is 12.1. The van der Waals surface area contributed by atoms with E-state index >= 15 is 0 Å². The number of nitrogens with zero attached hydrogens (tertiary/aromatic N) is 2. The molecule has 108 valence electrons.